The number of aromatic nitrogens is 2. The van der Waals surface area contributed by atoms with E-state index < -0.39 is 5.91 Å². The van der Waals surface area contributed by atoms with Crippen molar-refractivity contribution in [3.63, 3.8) is 0 Å². The number of H-pyrrole nitrogens is 1. The number of carbonyl (C=O) groups is 2. The number of ether oxygens (including phenoxy) is 1. The molecule has 0 spiro atoms. The molecule has 2 aromatic rings. The molecule has 2 amide bonds. The lowest BCUT2D eigenvalue weighted by Crippen LogP contribution is -2.20. The second-order valence-corrected chi connectivity index (χ2v) is 4.37. The molecule has 0 radical (unpaired) electrons. The molecule has 4 N–H and O–H groups in total. The highest BCUT2D eigenvalue weighted by molar-refractivity contribution is 6.03. The maximum atomic E-state index is 12.0. The highest BCUT2D eigenvalue weighted by Gasteiger charge is 2.08. The monoisotopic (exact) mass is 288 g/mol. The van der Waals surface area contributed by atoms with E-state index in [4.69, 9.17) is 10.5 Å². The summed E-state index contributed by atoms with van der Waals surface area (Å²) in [5.74, 6) is 0.122. The Morgan fingerprint density at radius 1 is 1.33 bits per heavy atom. The summed E-state index contributed by atoms with van der Waals surface area (Å²) in [6.07, 6.45) is 0.814. The van der Waals surface area contributed by atoms with Crippen LogP contribution < -0.4 is 15.8 Å². The minimum atomic E-state index is -0.554. The first-order valence-corrected chi connectivity index (χ1v) is 6.45. The number of carbonyl (C=O) groups excluding carboxylic acids is 2. The molecule has 7 nitrogen and oxygen atoms in total. The van der Waals surface area contributed by atoms with Gasteiger partial charge in [0.25, 0.3) is 11.8 Å². The molecule has 1 heterocycles. The fourth-order valence-electron chi connectivity index (χ4n) is 1.65. The quantitative estimate of drug-likeness (QED) is 0.738. The maximum absolute atomic E-state index is 12.0. The maximum Gasteiger partial charge on any atom is 0.256 e. The van der Waals surface area contributed by atoms with Gasteiger partial charge in [-0.15, -0.1) is 0 Å². The largest absolute Gasteiger partial charge is 0.484 e. The predicted octanol–water partition coefficient (Wildman–Crippen LogP) is 1.09. The average Bonchev–Trinajstić information content (AvgIpc) is 2.93. The summed E-state index contributed by atoms with van der Waals surface area (Å²) in [6, 6.07) is 8.17. The lowest BCUT2D eigenvalue weighted by molar-refractivity contribution is -0.119. The van der Waals surface area contributed by atoms with Crippen molar-refractivity contribution in [3.8, 4) is 5.75 Å². The van der Waals surface area contributed by atoms with E-state index in [1.54, 1.807) is 30.3 Å². The van der Waals surface area contributed by atoms with E-state index in [2.05, 4.69) is 15.5 Å². The van der Waals surface area contributed by atoms with Crippen molar-refractivity contribution in [2.45, 2.75) is 13.3 Å². The van der Waals surface area contributed by atoms with Crippen molar-refractivity contribution in [1.29, 1.82) is 0 Å². The van der Waals surface area contributed by atoms with Gasteiger partial charge in [0.05, 0.1) is 0 Å². The molecule has 0 saturated heterocycles. The minimum Gasteiger partial charge on any atom is -0.484 e. The highest BCUT2D eigenvalue weighted by Crippen LogP contribution is 2.14. The van der Waals surface area contributed by atoms with E-state index in [1.807, 2.05) is 6.92 Å². The zero-order valence-electron chi connectivity index (χ0n) is 11.6. The van der Waals surface area contributed by atoms with Crippen molar-refractivity contribution in [2.75, 3.05) is 11.9 Å². The molecule has 1 aromatic carbocycles. The van der Waals surface area contributed by atoms with Crippen LogP contribution in [0.2, 0.25) is 0 Å². The van der Waals surface area contributed by atoms with Gasteiger partial charge in [0.15, 0.2) is 12.4 Å². The molecule has 0 bridgehead atoms. The number of amides is 2. The smallest absolute Gasteiger partial charge is 0.256 e. The molecule has 0 aliphatic rings. The number of aryl methyl sites for hydroxylation is 1. The number of rotatable bonds is 6. The molecular weight excluding hydrogens is 272 g/mol. The molecule has 0 atom stereocenters. The molecule has 2 rings (SSSR count). The Morgan fingerprint density at radius 2 is 2.05 bits per heavy atom. The topological polar surface area (TPSA) is 110 Å². The Bertz CT molecular complexity index is 634. The summed E-state index contributed by atoms with van der Waals surface area (Å²) >= 11 is 0. The molecule has 110 valence electrons. The van der Waals surface area contributed by atoms with Crippen LogP contribution in [-0.4, -0.2) is 28.6 Å². The molecule has 0 saturated carbocycles. The third kappa shape index (κ3) is 4.07. The third-order valence-electron chi connectivity index (χ3n) is 2.75. The fraction of sp³-hybridized carbons (Fsp3) is 0.214. The summed E-state index contributed by atoms with van der Waals surface area (Å²) in [4.78, 5) is 22.6. The van der Waals surface area contributed by atoms with Crippen LogP contribution in [0.5, 0.6) is 5.75 Å². The van der Waals surface area contributed by atoms with Crippen molar-refractivity contribution < 1.29 is 14.3 Å². The number of primary amides is 1. The summed E-state index contributed by atoms with van der Waals surface area (Å²) in [5.41, 5.74) is 6.39. The van der Waals surface area contributed by atoms with Crippen LogP contribution >= 0.6 is 0 Å². The Hall–Kier alpha value is -2.83. The SMILES string of the molecule is CCc1cc(NC(=O)c2ccc(OCC(N)=O)cc2)n[nH]1. The molecular formula is C14H16N4O3. The second kappa shape index (κ2) is 6.56. The third-order valence-corrected chi connectivity index (χ3v) is 2.75. The van der Waals surface area contributed by atoms with Crippen LogP contribution in [-0.2, 0) is 11.2 Å². The lowest BCUT2D eigenvalue weighted by Gasteiger charge is -2.05. The Labute approximate surface area is 121 Å². The van der Waals surface area contributed by atoms with Crippen LogP contribution in [0.3, 0.4) is 0 Å². The summed E-state index contributed by atoms with van der Waals surface area (Å²) in [6.45, 7) is 1.79. The van der Waals surface area contributed by atoms with Gasteiger partial charge in [-0.2, -0.15) is 5.10 Å². The number of benzene rings is 1. The van der Waals surface area contributed by atoms with Crippen molar-refractivity contribution >= 4 is 17.6 Å². The van der Waals surface area contributed by atoms with Crippen LogP contribution in [0, 0.1) is 0 Å². The van der Waals surface area contributed by atoms with Gasteiger partial charge in [-0.05, 0) is 30.7 Å². The number of nitrogens with one attached hydrogen (secondary N) is 2. The van der Waals surface area contributed by atoms with E-state index in [-0.39, 0.29) is 12.5 Å². The first-order valence-electron chi connectivity index (χ1n) is 6.45. The van der Waals surface area contributed by atoms with Crippen LogP contribution in [0.1, 0.15) is 23.0 Å². The van der Waals surface area contributed by atoms with Gasteiger partial charge in [-0.25, -0.2) is 0 Å². The summed E-state index contributed by atoms with van der Waals surface area (Å²) in [7, 11) is 0. The first-order chi connectivity index (χ1) is 10.1. The molecule has 0 aliphatic carbocycles. The van der Waals surface area contributed by atoms with Gasteiger partial charge in [0.2, 0.25) is 0 Å². The van der Waals surface area contributed by atoms with E-state index in [0.717, 1.165) is 12.1 Å². The summed E-state index contributed by atoms with van der Waals surface area (Å²) < 4.78 is 5.11. The van der Waals surface area contributed by atoms with Gasteiger partial charge in [-0.3, -0.25) is 14.7 Å². The van der Waals surface area contributed by atoms with Crippen molar-refractivity contribution in [2.24, 2.45) is 5.73 Å². The number of nitrogens with zero attached hydrogens (tertiary/aromatic N) is 1. The Morgan fingerprint density at radius 3 is 2.62 bits per heavy atom. The highest BCUT2D eigenvalue weighted by atomic mass is 16.5. The van der Waals surface area contributed by atoms with Gasteiger partial charge < -0.3 is 15.8 Å². The fourth-order valence-corrected chi connectivity index (χ4v) is 1.65. The number of hydrogen-bond donors (Lipinski definition) is 3. The Balaban J connectivity index is 1.97. The summed E-state index contributed by atoms with van der Waals surface area (Å²) in [5, 5.41) is 9.49. The molecule has 0 fully saturated rings. The molecule has 1 aromatic heterocycles. The van der Waals surface area contributed by atoms with Crippen molar-refractivity contribution in [1.82, 2.24) is 10.2 Å². The number of anilines is 1. The molecule has 0 unspecified atom stereocenters. The van der Waals surface area contributed by atoms with Crippen LogP contribution in [0.4, 0.5) is 5.82 Å². The van der Waals surface area contributed by atoms with Crippen LogP contribution in [0.15, 0.2) is 30.3 Å². The first kappa shape index (κ1) is 14.6. The van der Waals surface area contributed by atoms with Gasteiger partial charge >= 0.3 is 0 Å². The molecule has 7 heteroatoms. The van der Waals surface area contributed by atoms with Crippen LogP contribution in [0.25, 0.3) is 0 Å². The van der Waals surface area contributed by atoms with E-state index >= 15 is 0 Å². The lowest BCUT2D eigenvalue weighted by atomic mass is 10.2. The van der Waals surface area contributed by atoms with E-state index in [1.165, 1.54) is 0 Å². The number of nitrogens with two attached hydrogens (primary N) is 1. The predicted molar refractivity (Wildman–Crippen MR) is 77.1 cm³/mol. The number of hydrogen-bond acceptors (Lipinski definition) is 4. The van der Waals surface area contributed by atoms with Gasteiger partial charge in [-0.1, -0.05) is 6.92 Å². The number of aromatic amines is 1. The zero-order chi connectivity index (χ0) is 15.2. The van der Waals surface area contributed by atoms with Crippen molar-refractivity contribution in [3.05, 3.63) is 41.6 Å². The minimum absolute atomic E-state index is 0.196. The van der Waals surface area contributed by atoms with E-state index in [0.29, 0.717) is 17.1 Å². The Kier molecular flexibility index (Phi) is 4.55. The standard InChI is InChI=1S/C14H16N4O3/c1-2-10-7-13(18-17-10)16-14(20)9-3-5-11(6-4-9)21-8-12(15)19/h3-7H,2,8H2,1H3,(H2,15,19)(H2,16,17,18,20). The van der Waals surface area contributed by atoms with Gasteiger partial charge in [0.1, 0.15) is 5.75 Å². The average molecular weight is 288 g/mol. The molecule has 21 heavy (non-hydrogen) atoms. The molecule has 0 aliphatic heterocycles. The zero-order valence-corrected chi connectivity index (χ0v) is 11.6. The normalized spacial score (nSPS) is 10.1. The second-order valence-electron chi connectivity index (χ2n) is 4.37. The van der Waals surface area contributed by atoms with E-state index in [9.17, 15) is 9.59 Å². The van der Waals surface area contributed by atoms with Gasteiger partial charge in [0, 0.05) is 17.3 Å².